The van der Waals surface area contributed by atoms with Crippen molar-refractivity contribution in [2.45, 2.75) is 44.4 Å². The Bertz CT molecular complexity index is 1150. The van der Waals surface area contributed by atoms with Crippen LogP contribution in [0.3, 0.4) is 0 Å². The number of carbonyl (C=O) groups excluding carboxylic acids is 2. The Hall–Kier alpha value is -2.87. The molecule has 2 aromatic rings. The smallest absolute Gasteiger partial charge is 0.275 e. The first-order valence-corrected chi connectivity index (χ1v) is 10.2. The van der Waals surface area contributed by atoms with Crippen LogP contribution in [0.1, 0.15) is 45.7 Å². The van der Waals surface area contributed by atoms with E-state index < -0.39 is 22.9 Å². The Kier molecular flexibility index (Phi) is 4.36. The maximum absolute atomic E-state index is 13.3. The quantitative estimate of drug-likeness (QED) is 0.780. The predicted molar refractivity (Wildman–Crippen MR) is 106 cm³/mol. The Labute approximate surface area is 176 Å². The third kappa shape index (κ3) is 2.81. The highest BCUT2D eigenvalue weighted by atomic mass is 35.5. The van der Waals surface area contributed by atoms with Gasteiger partial charge in [0.1, 0.15) is 11.4 Å². The average Bonchev–Trinajstić information content (AvgIpc) is 3.33. The van der Waals surface area contributed by atoms with Gasteiger partial charge in [-0.3, -0.25) is 14.4 Å². The van der Waals surface area contributed by atoms with Gasteiger partial charge in [-0.05, 0) is 42.9 Å². The van der Waals surface area contributed by atoms with Crippen molar-refractivity contribution in [1.82, 2.24) is 14.8 Å². The van der Waals surface area contributed by atoms with Crippen molar-refractivity contribution in [3.05, 3.63) is 62.3 Å². The molecule has 1 saturated carbocycles. The molecule has 1 aromatic carbocycles. The number of carbonyl (C=O) groups is 2. The standard InChI is InChI=1S/C21H19ClFN3O4/c22-14-5-10(1-4-15(14)23)7-24-20(29)13-8-25-9-16-11-2-3-12(6-11)26(16)21(30)17(25)19(28)18(13)27/h1,4-5,8,11-12,16,28H,2-3,6-7,9H2,(H,24,29)/t11-,12+,16-/m0/s1. The molecule has 3 aliphatic rings. The number of benzene rings is 1. The van der Waals surface area contributed by atoms with Crippen molar-refractivity contribution in [3.8, 4) is 5.75 Å². The number of aromatic hydroxyl groups is 1. The Morgan fingerprint density at radius 2 is 2.10 bits per heavy atom. The van der Waals surface area contributed by atoms with Crippen LogP contribution in [0.4, 0.5) is 4.39 Å². The number of amides is 2. The molecule has 9 heteroatoms. The lowest BCUT2D eigenvalue weighted by atomic mass is 9.95. The van der Waals surface area contributed by atoms with E-state index in [-0.39, 0.29) is 40.8 Å². The highest BCUT2D eigenvalue weighted by Crippen LogP contribution is 2.45. The molecule has 3 heterocycles. The van der Waals surface area contributed by atoms with Gasteiger partial charge in [-0.15, -0.1) is 0 Å². The summed E-state index contributed by atoms with van der Waals surface area (Å²) in [6, 6.07) is 4.25. The minimum atomic E-state index is -0.882. The molecular weight excluding hydrogens is 413 g/mol. The van der Waals surface area contributed by atoms with Crippen LogP contribution in [0.2, 0.25) is 5.02 Å². The monoisotopic (exact) mass is 431 g/mol. The third-order valence-corrected chi connectivity index (χ3v) is 6.79. The van der Waals surface area contributed by atoms with E-state index in [1.165, 1.54) is 29.0 Å². The Balaban J connectivity index is 1.43. The maximum Gasteiger partial charge on any atom is 0.275 e. The van der Waals surface area contributed by atoms with Crippen LogP contribution in [-0.4, -0.2) is 38.5 Å². The molecule has 30 heavy (non-hydrogen) atoms. The van der Waals surface area contributed by atoms with Gasteiger partial charge in [0, 0.05) is 25.3 Å². The molecule has 2 bridgehead atoms. The summed E-state index contributed by atoms with van der Waals surface area (Å²) >= 11 is 5.75. The van der Waals surface area contributed by atoms with E-state index in [0.29, 0.717) is 18.0 Å². The van der Waals surface area contributed by atoms with Crippen molar-refractivity contribution in [2.24, 2.45) is 5.92 Å². The second kappa shape index (κ2) is 6.84. The first-order chi connectivity index (χ1) is 14.3. The number of aromatic nitrogens is 1. The normalized spacial score (nSPS) is 24.0. The minimum Gasteiger partial charge on any atom is -0.503 e. The SMILES string of the molecule is O=C(NCc1ccc(F)c(Cl)c1)c1cn2c(c(O)c1=O)C(=O)N1[C@@H]3CC[C@@H](C3)[C@@H]1C2. The fraction of sp³-hybridized carbons (Fsp3) is 0.381. The van der Waals surface area contributed by atoms with Crippen LogP contribution in [0.15, 0.2) is 29.2 Å². The van der Waals surface area contributed by atoms with Gasteiger partial charge in [0.15, 0.2) is 11.4 Å². The van der Waals surface area contributed by atoms with E-state index in [1.807, 2.05) is 0 Å². The summed E-state index contributed by atoms with van der Waals surface area (Å²) in [5.74, 6) is -1.88. The van der Waals surface area contributed by atoms with E-state index in [0.717, 1.165) is 19.3 Å². The topological polar surface area (TPSA) is 91.6 Å². The van der Waals surface area contributed by atoms with Gasteiger partial charge in [0.05, 0.1) is 11.1 Å². The molecule has 2 amide bonds. The largest absolute Gasteiger partial charge is 0.503 e. The molecule has 1 aliphatic carbocycles. The van der Waals surface area contributed by atoms with Crippen LogP contribution in [0, 0.1) is 11.7 Å². The van der Waals surface area contributed by atoms with Crippen molar-refractivity contribution in [3.63, 3.8) is 0 Å². The van der Waals surface area contributed by atoms with E-state index in [1.54, 1.807) is 4.90 Å². The lowest BCUT2D eigenvalue weighted by Crippen LogP contribution is -2.52. The molecule has 3 atom stereocenters. The Morgan fingerprint density at radius 1 is 1.30 bits per heavy atom. The number of rotatable bonds is 3. The summed E-state index contributed by atoms with van der Waals surface area (Å²) in [5, 5.41) is 13.0. The van der Waals surface area contributed by atoms with Crippen molar-refractivity contribution in [1.29, 1.82) is 0 Å². The van der Waals surface area contributed by atoms with Crippen LogP contribution in [-0.2, 0) is 13.1 Å². The number of hydrogen-bond acceptors (Lipinski definition) is 4. The van der Waals surface area contributed by atoms with Crippen molar-refractivity contribution in [2.75, 3.05) is 0 Å². The molecule has 1 saturated heterocycles. The molecular formula is C21H19ClFN3O4. The molecule has 0 spiro atoms. The molecule has 0 unspecified atom stereocenters. The van der Waals surface area contributed by atoms with E-state index in [2.05, 4.69) is 5.32 Å². The van der Waals surface area contributed by atoms with Gasteiger partial charge in [-0.25, -0.2) is 4.39 Å². The third-order valence-electron chi connectivity index (χ3n) is 6.50. The molecule has 156 valence electrons. The summed E-state index contributed by atoms with van der Waals surface area (Å²) in [4.78, 5) is 40.0. The highest BCUT2D eigenvalue weighted by molar-refractivity contribution is 6.30. The average molecular weight is 432 g/mol. The zero-order valence-corrected chi connectivity index (χ0v) is 16.7. The summed E-state index contributed by atoms with van der Waals surface area (Å²) in [5.41, 5.74) is -0.614. The van der Waals surface area contributed by atoms with Crippen LogP contribution in [0.5, 0.6) is 5.75 Å². The van der Waals surface area contributed by atoms with Gasteiger partial charge in [-0.2, -0.15) is 0 Å². The summed E-state index contributed by atoms with van der Waals surface area (Å²) in [6.07, 6.45) is 4.31. The highest BCUT2D eigenvalue weighted by Gasteiger charge is 2.51. The first kappa shape index (κ1) is 19.1. The van der Waals surface area contributed by atoms with Gasteiger partial charge in [-0.1, -0.05) is 17.7 Å². The number of pyridine rings is 1. The molecule has 2 aliphatic heterocycles. The minimum absolute atomic E-state index is 0.0277. The van der Waals surface area contributed by atoms with Crippen LogP contribution >= 0.6 is 11.6 Å². The fourth-order valence-electron chi connectivity index (χ4n) is 5.08. The molecule has 2 fully saturated rings. The van der Waals surface area contributed by atoms with Gasteiger partial charge in [0.2, 0.25) is 5.43 Å². The lowest BCUT2D eigenvalue weighted by molar-refractivity contribution is 0.0482. The lowest BCUT2D eigenvalue weighted by Gasteiger charge is -2.40. The number of fused-ring (bicyclic) bond motifs is 6. The number of piperidine rings is 1. The van der Waals surface area contributed by atoms with Crippen molar-refractivity contribution < 1.29 is 19.1 Å². The van der Waals surface area contributed by atoms with Crippen molar-refractivity contribution >= 4 is 23.4 Å². The van der Waals surface area contributed by atoms with Crippen LogP contribution < -0.4 is 10.7 Å². The summed E-state index contributed by atoms with van der Waals surface area (Å²) < 4.78 is 14.8. The number of nitrogens with zero attached hydrogens (tertiary/aromatic N) is 2. The zero-order valence-electron chi connectivity index (χ0n) is 15.9. The molecule has 0 radical (unpaired) electrons. The number of halogens is 2. The predicted octanol–water partition coefficient (Wildman–Crippen LogP) is 2.28. The fourth-order valence-corrected chi connectivity index (χ4v) is 5.28. The van der Waals surface area contributed by atoms with Crippen LogP contribution in [0.25, 0.3) is 0 Å². The first-order valence-electron chi connectivity index (χ1n) is 9.86. The molecule has 5 rings (SSSR count). The summed E-state index contributed by atoms with van der Waals surface area (Å²) in [7, 11) is 0. The van der Waals surface area contributed by atoms with E-state index in [9.17, 15) is 23.9 Å². The second-order valence-corrected chi connectivity index (χ2v) is 8.57. The zero-order chi connectivity index (χ0) is 21.2. The van der Waals surface area contributed by atoms with Gasteiger partial charge >= 0.3 is 0 Å². The van der Waals surface area contributed by atoms with Gasteiger partial charge in [0.25, 0.3) is 11.8 Å². The molecule has 1 aromatic heterocycles. The number of nitrogens with one attached hydrogen (secondary N) is 1. The van der Waals surface area contributed by atoms with Gasteiger partial charge < -0.3 is 19.9 Å². The maximum atomic E-state index is 13.3. The number of hydrogen-bond donors (Lipinski definition) is 2. The Morgan fingerprint density at radius 3 is 2.87 bits per heavy atom. The summed E-state index contributed by atoms with van der Waals surface area (Å²) in [6.45, 7) is 0.476. The molecule has 2 N–H and O–H groups in total. The van der Waals surface area contributed by atoms with E-state index >= 15 is 0 Å². The molecule has 7 nitrogen and oxygen atoms in total. The second-order valence-electron chi connectivity index (χ2n) is 8.16. The van der Waals surface area contributed by atoms with E-state index in [4.69, 9.17) is 11.6 Å².